The Morgan fingerprint density at radius 2 is 1.76 bits per heavy atom. The molecule has 2 saturated heterocycles. The van der Waals surface area contributed by atoms with E-state index in [0.717, 1.165) is 32.7 Å². The predicted molar refractivity (Wildman–Crippen MR) is 142 cm³/mol. The Hall–Kier alpha value is -3.96. The van der Waals surface area contributed by atoms with E-state index in [-0.39, 0.29) is 23.1 Å². The van der Waals surface area contributed by atoms with Crippen molar-refractivity contribution in [3.63, 3.8) is 0 Å². The van der Waals surface area contributed by atoms with Gasteiger partial charge in [0.25, 0.3) is 5.91 Å². The zero-order valence-electron chi connectivity index (χ0n) is 21.7. The number of hydrogen-bond donors (Lipinski definition) is 3. The molecule has 0 spiro atoms. The molecule has 2 aromatic heterocycles. The van der Waals surface area contributed by atoms with E-state index in [0.29, 0.717) is 34.7 Å². The summed E-state index contributed by atoms with van der Waals surface area (Å²) in [7, 11) is 0. The molecule has 1 aromatic carbocycles. The molecule has 5 rings (SSSR count). The van der Waals surface area contributed by atoms with Gasteiger partial charge in [-0.15, -0.1) is 0 Å². The lowest BCUT2D eigenvalue weighted by molar-refractivity contribution is -0.0592. The number of ether oxygens (including phenoxy) is 2. The van der Waals surface area contributed by atoms with Crippen molar-refractivity contribution in [1.29, 1.82) is 0 Å². The van der Waals surface area contributed by atoms with Crippen LogP contribution in [0.2, 0.25) is 0 Å². The number of pyridine rings is 1. The summed E-state index contributed by atoms with van der Waals surface area (Å²) in [5.41, 5.74) is 1.19. The van der Waals surface area contributed by atoms with Gasteiger partial charge < -0.3 is 24.6 Å². The normalized spacial score (nSPS) is 18.0. The molecule has 2 aliphatic heterocycles. The minimum absolute atomic E-state index is 0.114. The van der Waals surface area contributed by atoms with Crippen molar-refractivity contribution < 1.29 is 23.6 Å². The summed E-state index contributed by atoms with van der Waals surface area (Å²) in [6, 6.07) is 11.9. The Morgan fingerprint density at radius 1 is 1.03 bits per heavy atom. The highest BCUT2D eigenvalue weighted by Crippen LogP contribution is 2.25. The number of rotatable bonds is 7. The fraction of sp³-hybridized carbons (Fsp3) is 0.407. The first-order chi connectivity index (χ1) is 18.2. The van der Waals surface area contributed by atoms with Crippen LogP contribution in [0.4, 0.5) is 22.0 Å². The van der Waals surface area contributed by atoms with Crippen LogP contribution in [0.5, 0.6) is 5.75 Å². The number of carbonyl (C=O) groups is 2. The molecule has 3 N–H and O–H groups in total. The summed E-state index contributed by atoms with van der Waals surface area (Å²) in [6.07, 6.45) is 2.65. The molecule has 1 unspecified atom stereocenters. The summed E-state index contributed by atoms with van der Waals surface area (Å²) >= 11 is 0. The number of anilines is 3. The number of benzene rings is 1. The first-order valence-corrected chi connectivity index (χ1v) is 12.6. The van der Waals surface area contributed by atoms with Crippen molar-refractivity contribution in [2.75, 3.05) is 42.3 Å². The van der Waals surface area contributed by atoms with E-state index in [9.17, 15) is 9.59 Å². The van der Waals surface area contributed by atoms with Gasteiger partial charge in [-0.25, -0.2) is 9.78 Å². The van der Waals surface area contributed by atoms with Crippen LogP contribution >= 0.6 is 0 Å². The van der Waals surface area contributed by atoms with Crippen LogP contribution in [0.15, 0.2) is 53.2 Å². The maximum absolute atomic E-state index is 12.6. The largest absolute Gasteiger partial charge is 0.487 e. The Morgan fingerprint density at radius 3 is 2.37 bits per heavy atom. The van der Waals surface area contributed by atoms with Crippen molar-refractivity contribution in [3.05, 3.63) is 60.1 Å². The van der Waals surface area contributed by atoms with Gasteiger partial charge in [-0.2, -0.15) is 0 Å². The van der Waals surface area contributed by atoms with Crippen LogP contribution in [0.1, 0.15) is 43.4 Å². The molecule has 2 fully saturated rings. The molecule has 1 atom stereocenters. The third-order valence-corrected chi connectivity index (χ3v) is 6.48. The Balaban J connectivity index is 1.08. The quantitative estimate of drug-likeness (QED) is 0.424. The molecule has 2 aliphatic rings. The van der Waals surface area contributed by atoms with E-state index in [2.05, 4.69) is 31.0 Å². The van der Waals surface area contributed by atoms with Crippen LogP contribution in [-0.2, 0) is 10.2 Å². The third kappa shape index (κ3) is 6.29. The lowest BCUT2D eigenvalue weighted by Gasteiger charge is -2.34. The van der Waals surface area contributed by atoms with Crippen LogP contribution in [-0.4, -0.2) is 65.4 Å². The van der Waals surface area contributed by atoms with Gasteiger partial charge >= 0.3 is 6.03 Å². The van der Waals surface area contributed by atoms with Gasteiger partial charge in [0, 0.05) is 35.9 Å². The minimum atomic E-state index is -0.454. The highest BCUT2D eigenvalue weighted by molar-refractivity contribution is 6.03. The summed E-state index contributed by atoms with van der Waals surface area (Å²) < 4.78 is 16.6. The van der Waals surface area contributed by atoms with Crippen molar-refractivity contribution in [1.82, 2.24) is 15.0 Å². The van der Waals surface area contributed by atoms with Crippen molar-refractivity contribution in [2.24, 2.45) is 0 Å². The van der Waals surface area contributed by atoms with Crippen molar-refractivity contribution in [2.45, 2.75) is 44.8 Å². The average Bonchev–Trinajstić information content (AvgIpc) is 3.49. The van der Waals surface area contributed by atoms with E-state index < -0.39 is 6.03 Å². The molecule has 38 heavy (non-hydrogen) atoms. The van der Waals surface area contributed by atoms with Crippen LogP contribution < -0.4 is 20.7 Å². The van der Waals surface area contributed by atoms with Crippen LogP contribution in [0.3, 0.4) is 0 Å². The first kappa shape index (κ1) is 25.7. The van der Waals surface area contributed by atoms with Gasteiger partial charge in [0.2, 0.25) is 0 Å². The zero-order valence-corrected chi connectivity index (χ0v) is 21.7. The second-order valence-electron chi connectivity index (χ2n) is 10.5. The van der Waals surface area contributed by atoms with Crippen LogP contribution in [0, 0.1) is 0 Å². The van der Waals surface area contributed by atoms with Crippen LogP contribution in [0.25, 0.3) is 0 Å². The third-order valence-electron chi connectivity index (χ3n) is 6.48. The van der Waals surface area contributed by atoms with E-state index in [1.54, 1.807) is 48.7 Å². The number of carbonyl (C=O) groups excluding carboxylic acids is 2. The number of nitrogens with one attached hydrogen (secondary N) is 3. The average molecular weight is 521 g/mol. The fourth-order valence-electron chi connectivity index (χ4n) is 4.19. The number of hydrogen-bond acceptors (Lipinski definition) is 8. The number of nitrogens with zero attached hydrogens (tertiary/aromatic N) is 3. The monoisotopic (exact) mass is 520 g/mol. The van der Waals surface area contributed by atoms with Gasteiger partial charge in [0.15, 0.2) is 5.82 Å². The maximum atomic E-state index is 12.6. The topological polar surface area (TPSA) is 131 Å². The first-order valence-electron chi connectivity index (χ1n) is 12.6. The Bertz CT molecular complexity index is 1260. The van der Waals surface area contributed by atoms with E-state index in [4.69, 9.17) is 14.0 Å². The van der Waals surface area contributed by atoms with Crippen molar-refractivity contribution in [3.8, 4) is 5.75 Å². The van der Waals surface area contributed by atoms with E-state index in [1.807, 2.05) is 20.8 Å². The smallest absolute Gasteiger partial charge is 0.324 e. The Kier molecular flexibility index (Phi) is 7.30. The highest BCUT2D eigenvalue weighted by Gasteiger charge is 2.33. The van der Waals surface area contributed by atoms with E-state index in [1.165, 1.54) is 0 Å². The lowest BCUT2D eigenvalue weighted by Crippen LogP contribution is -2.48. The molecule has 0 saturated carbocycles. The maximum Gasteiger partial charge on any atom is 0.324 e. The minimum Gasteiger partial charge on any atom is -0.487 e. The van der Waals surface area contributed by atoms with Crippen molar-refractivity contribution >= 4 is 29.1 Å². The number of aromatic nitrogens is 2. The summed E-state index contributed by atoms with van der Waals surface area (Å²) in [5.74, 6) is 1.30. The number of amides is 3. The summed E-state index contributed by atoms with van der Waals surface area (Å²) in [5, 5.41) is 12.0. The zero-order chi connectivity index (χ0) is 26.7. The SMILES string of the molecule is CC(C)(C)c1cc(NC(=O)Nc2ccc(NC(=O)c3ccc(OC4CCN(C5COC5)C4)cn3)cc2)no1. The van der Waals surface area contributed by atoms with Gasteiger partial charge in [-0.3, -0.25) is 15.0 Å². The second-order valence-corrected chi connectivity index (χ2v) is 10.5. The highest BCUT2D eigenvalue weighted by atomic mass is 16.5. The molecule has 11 nitrogen and oxygen atoms in total. The molecule has 0 radical (unpaired) electrons. The molecule has 3 aromatic rings. The molecule has 4 heterocycles. The van der Waals surface area contributed by atoms with Gasteiger partial charge in [-0.1, -0.05) is 25.9 Å². The predicted octanol–water partition coefficient (Wildman–Crippen LogP) is 4.12. The molecule has 11 heteroatoms. The van der Waals surface area contributed by atoms with E-state index >= 15 is 0 Å². The second kappa shape index (κ2) is 10.8. The van der Waals surface area contributed by atoms with Gasteiger partial charge in [-0.05, 0) is 42.8 Å². The molecule has 200 valence electrons. The molecule has 0 aliphatic carbocycles. The molecule has 3 amide bonds. The number of likely N-dealkylation sites (tertiary alicyclic amines) is 1. The Labute approximate surface area is 220 Å². The number of urea groups is 1. The summed E-state index contributed by atoms with van der Waals surface area (Å²) in [6.45, 7) is 9.46. The fourth-order valence-corrected chi connectivity index (χ4v) is 4.19. The van der Waals surface area contributed by atoms with Gasteiger partial charge in [0.05, 0.1) is 25.5 Å². The molecular weight excluding hydrogens is 488 g/mol. The molecule has 0 bridgehead atoms. The molecular formula is C27H32N6O5. The summed E-state index contributed by atoms with van der Waals surface area (Å²) in [4.78, 5) is 31.6. The van der Waals surface area contributed by atoms with Gasteiger partial charge in [0.1, 0.15) is 23.3 Å². The lowest BCUT2D eigenvalue weighted by atomic mass is 9.93. The standard InChI is InChI=1S/C27H32N6O5/c1-27(2,3)23-12-24(32-38-23)31-26(35)30-18-6-4-17(5-7-18)29-25(34)22-9-8-20(13-28-22)37-21-10-11-33(14-21)19-15-36-16-19/h4-9,12-13,19,21H,10-11,14-16H2,1-3H3,(H,29,34)(H2,30,31,32,35).